The number of aromatic nitrogens is 1. The molecule has 2 N–H and O–H groups in total. The number of aryl methyl sites for hydroxylation is 1. The van der Waals surface area contributed by atoms with Crippen molar-refractivity contribution in [3.8, 4) is 5.69 Å². The molecule has 118 valence electrons. The van der Waals surface area contributed by atoms with Crippen LogP contribution in [0.1, 0.15) is 30.8 Å². The van der Waals surface area contributed by atoms with Crippen molar-refractivity contribution in [1.29, 1.82) is 0 Å². The van der Waals surface area contributed by atoms with Crippen molar-refractivity contribution >= 4 is 17.6 Å². The maximum atomic E-state index is 11.7. The summed E-state index contributed by atoms with van der Waals surface area (Å²) in [7, 11) is 0. The Morgan fingerprint density at radius 1 is 1.27 bits per heavy atom. The van der Waals surface area contributed by atoms with Gasteiger partial charge in [0.2, 0.25) is 0 Å². The van der Waals surface area contributed by atoms with Crippen molar-refractivity contribution in [3.63, 3.8) is 0 Å². The van der Waals surface area contributed by atoms with Crippen LogP contribution in [0.4, 0.5) is 4.79 Å². The number of benzene rings is 1. The number of nitrogens with zero attached hydrogens (tertiary/aromatic N) is 1. The number of urea groups is 1. The Kier molecular flexibility index (Phi) is 5.14. The lowest BCUT2D eigenvalue weighted by Gasteiger charge is -2.12. The van der Waals surface area contributed by atoms with E-state index in [4.69, 9.17) is 11.6 Å². The van der Waals surface area contributed by atoms with E-state index in [2.05, 4.69) is 21.3 Å². The van der Waals surface area contributed by atoms with Crippen molar-refractivity contribution < 1.29 is 4.79 Å². The van der Waals surface area contributed by atoms with Gasteiger partial charge in [-0.25, -0.2) is 4.79 Å². The summed E-state index contributed by atoms with van der Waals surface area (Å²) >= 11 is 6.08. The molecule has 1 aromatic heterocycles. The zero-order valence-electron chi connectivity index (χ0n) is 13.4. The smallest absolute Gasteiger partial charge is 0.315 e. The summed E-state index contributed by atoms with van der Waals surface area (Å²) in [6.07, 6.45) is 0. The Morgan fingerprint density at radius 2 is 2.00 bits per heavy atom. The van der Waals surface area contributed by atoms with Gasteiger partial charge < -0.3 is 15.2 Å². The van der Waals surface area contributed by atoms with Gasteiger partial charge in [0.25, 0.3) is 0 Å². The summed E-state index contributed by atoms with van der Waals surface area (Å²) < 4.78 is 2.14. The SMILES string of the molecule is Cc1cc(CNC(=O)NC(C)C)c(C)n1-c1cccc(Cl)c1. The van der Waals surface area contributed by atoms with Crippen molar-refractivity contribution in [2.24, 2.45) is 0 Å². The molecular weight excluding hydrogens is 298 g/mol. The highest BCUT2D eigenvalue weighted by atomic mass is 35.5. The van der Waals surface area contributed by atoms with Gasteiger partial charge in [0.1, 0.15) is 0 Å². The molecule has 2 rings (SSSR count). The molecule has 0 aliphatic rings. The van der Waals surface area contributed by atoms with Crippen LogP contribution in [-0.4, -0.2) is 16.6 Å². The van der Waals surface area contributed by atoms with E-state index in [1.165, 1.54) is 0 Å². The average molecular weight is 320 g/mol. The minimum absolute atomic E-state index is 0.124. The van der Waals surface area contributed by atoms with Crippen LogP contribution in [0.15, 0.2) is 30.3 Å². The van der Waals surface area contributed by atoms with Gasteiger partial charge in [-0.15, -0.1) is 0 Å². The molecule has 0 saturated heterocycles. The van der Waals surface area contributed by atoms with Gasteiger partial charge in [-0.2, -0.15) is 0 Å². The van der Waals surface area contributed by atoms with E-state index in [-0.39, 0.29) is 12.1 Å². The third kappa shape index (κ3) is 3.83. The van der Waals surface area contributed by atoms with E-state index in [1.807, 2.05) is 52.0 Å². The molecule has 0 unspecified atom stereocenters. The molecule has 0 atom stereocenters. The second kappa shape index (κ2) is 6.88. The van der Waals surface area contributed by atoms with E-state index in [1.54, 1.807) is 0 Å². The number of amides is 2. The number of carbonyl (C=O) groups excluding carboxylic acids is 1. The summed E-state index contributed by atoms with van der Waals surface area (Å²) in [6.45, 7) is 8.46. The predicted octanol–water partition coefficient (Wildman–Crippen LogP) is 3.96. The van der Waals surface area contributed by atoms with Gasteiger partial charge in [0.15, 0.2) is 0 Å². The Bertz CT molecular complexity index is 677. The summed E-state index contributed by atoms with van der Waals surface area (Å²) in [5.41, 5.74) is 4.34. The van der Waals surface area contributed by atoms with Crippen molar-refractivity contribution in [2.45, 2.75) is 40.3 Å². The average Bonchev–Trinajstić information content (AvgIpc) is 2.70. The standard InChI is InChI=1S/C17H22ClN3O/c1-11(2)20-17(22)19-10-14-8-12(3)21(13(14)4)16-7-5-6-15(18)9-16/h5-9,11H,10H2,1-4H3,(H2,19,20,22). The van der Waals surface area contributed by atoms with E-state index >= 15 is 0 Å². The lowest BCUT2D eigenvalue weighted by Crippen LogP contribution is -2.39. The number of hydrogen-bond acceptors (Lipinski definition) is 1. The Labute approximate surface area is 136 Å². The Hall–Kier alpha value is -1.94. The second-order valence-electron chi connectivity index (χ2n) is 5.69. The zero-order valence-corrected chi connectivity index (χ0v) is 14.2. The van der Waals surface area contributed by atoms with E-state index in [0.29, 0.717) is 11.6 Å². The third-order valence-corrected chi connectivity index (χ3v) is 3.70. The maximum Gasteiger partial charge on any atom is 0.315 e. The lowest BCUT2D eigenvalue weighted by molar-refractivity contribution is 0.238. The highest BCUT2D eigenvalue weighted by Crippen LogP contribution is 2.22. The maximum absolute atomic E-state index is 11.7. The highest BCUT2D eigenvalue weighted by Gasteiger charge is 2.12. The molecule has 1 heterocycles. The molecule has 2 aromatic rings. The summed E-state index contributed by atoms with van der Waals surface area (Å²) in [5, 5.41) is 6.41. The van der Waals surface area contributed by atoms with Crippen LogP contribution >= 0.6 is 11.6 Å². The largest absolute Gasteiger partial charge is 0.336 e. The normalized spacial score (nSPS) is 10.8. The van der Waals surface area contributed by atoms with Gasteiger partial charge in [-0.3, -0.25) is 0 Å². The number of halogens is 1. The molecule has 0 spiro atoms. The third-order valence-electron chi connectivity index (χ3n) is 3.46. The van der Waals surface area contributed by atoms with Crippen LogP contribution in [0.5, 0.6) is 0 Å². The van der Waals surface area contributed by atoms with Gasteiger partial charge in [0.05, 0.1) is 0 Å². The minimum Gasteiger partial charge on any atom is -0.336 e. The molecule has 0 bridgehead atoms. The first-order valence-electron chi connectivity index (χ1n) is 7.36. The Morgan fingerprint density at radius 3 is 2.64 bits per heavy atom. The molecule has 0 saturated carbocycles. The van der Waals surface area contributed by atoms with Crippen LogP contribution in [0, 0.1) is 13.8 Å². The monoisotopic (exact) mass is 319 g/mol. The first kappa shape index (κ1) is 16.4. The van der Waals surface area contributed by atoms with E-state index in [9.17, 15) is 4.79 Å². The molecule has 0 aliphatic carbocycles. The first-order valence-corrected chi connectivity index (χ1v) is 7.74. The Balaban J connectivity index is 2.19. The fraction of sp³-hybridized carbons (Fsp3) is 0.353. The fourth-order valence-corrected chi connectivity index (χ4v) is 2.69. The molecule has 0 fully saturated rings. The van der Waals surface area contributed by atoms with Crippen molar-refractivity contribution in [1.82, 2.24) is 15.2 Å². The van der Waals surface area contributed by atoms with E-state index in [0.717, 1.165) is 22.6 Å². The van der Waals surface area contributed by atoms with Crippen LogP contribution in [0.2, 0.25) is 5.02 Å². The van der Waals surface area contributed by atoms with Gasteiger partial charge in [-0.1, -0.05) is 17.7 Å². The molecule has 1 aromatic carbocycles. The van der Waals surface area contributed by atoms with E-state index < -0.39 is 0 Å². The molecule has 5 heteroatoms. The molecule has 0 radical (unpaired) electrons. The van der Waals surface area contributed by atoms with Gasteiger partial charge in [0, 0.05) is 34.7 Å². The van der Waals surface area contributed by atoms with Crippen molar-refractivity contribution in [2.75, 3.05) is 0 Å². The number of hydrogen-bond donors (Lipinski definition) is 2. The van der Waals surface area contributed by atoms with Crippen LogP contribution < -0.4 is 10.6 Å². The summed E-state index contributed by atoms with van der Waals surface area (Å²) in [6, 6.07) is 9.81. The molecule has 4 nitrogen and oxygen atoms in total. The molecular formula is C17H22ClN3O. The fourth-order valence-electron chi connectivity index (χ4n) is 2.51. The minimum atomic E-state index is -0.150. The summed E-state index contributed by atoms with van der Waals surface area (Å²) in [5.74, 6) is 0. The topological polar surface area (TPSA) is 46.1 Å². The number of carbonyl (C=O) groups is 1. The summed E-state index contributed by atoms with van der Waals surface area (Å²) in [4.78, 5) is 11.7. The quantitative estimate of drug-likeness (QED) is 0.880. The lowest BCUT2D eigenvalue weighted by atomic mass is 10.2. The van der Waals surface area contributed by atoms with Crippen LogP contribution in [-0.2, 0) is 6.54 Å². The van der Waals surface area contributed by atoms with Crippen molar-refractivity contribution in [3.05, 3.63) is 52.3 Å². The number of rotatable bonds is 4. The second-order valence-corrected chi connectivity index (χ2v) is 6.13. The molecule has 0 aliphatic heterocycles. The van der Waals surface area contributed by atoms with Gasteiger partial charge >= 0.3 is 6.03 Å². The zero-order chi connectivity index (χ0) is 16.3. The number of nitrogens with one attached hydrogen (secondary N) is 2. The first-order chi connectivity index (χ1) is 10.4. The predicted molar refractivity (Wildman–Crippen MR) is 90.8 cm³/mol. The molecule has 22 heavy (non-hydrogen) atoms. The van der Waals surface area contributed by atoms with Gasteiger partial charge in [-0.05, 0) is 57.5 Å². The molecule has 2 amide bonds. The van der Waals surface area contributed by atoms with Crippen LogP contribution in [0.25, 0.3) is 5.69 Å². The highest BCUT2D eigenvalue weighted by molar-refractivity contribution is 6.30. The van der Waals surface area contributed by atoms with Crippen LogP contribution in [0.3, 0.4) is 0 Å².